The van der Waals surface area contributed by atoms with Gasteiger partial charge in [0.2, 0.25) is 5.91 Å². The van der Waals surface area contributed by atoms with Crippen molar-refractivity contribution in [3.05, 3.63) is 41.5 Å². The van der Waals surface area contributed by atoms with Gasteiger partial charge in [-0.2, -0.15) is 0 Å². The molecule has 1 atom stereocenters. The summed E-state index contributed by atoms with van der Waals surface area (Å²) in [6.07, 6.45) is 1.45. The number of nitrogens with zero attached hydrogens (tertiary/aromatic N) is 5. The Balaban J connectivity index is 1.73. The zero-order chi connectivity index (χ0) is 14.8. The second kappa shape index (κ2) is 5.61. The lowest BCUT2D eigenvalue weighted by Gasteiger charge is -2.20. The first-order valence-corrected chi connectivity index (χ1v) is 7.41. The number of thiophene rings is 1. The van der Waals surface area contributed by atoms with Gasteiger partial charge in [0.1, 0.15) is 12.4 Å². The highest BCUT2D eigenvalue weighted by atomic mass is 32.1. The Hall–Kier alpha value is -2.28. The van der Waals surface area contributed by atoms with Gasteiger partial charge in [0.15, 0.2) is 0 Å². The highest BCUT2D eigenvalue weighted by Crippen LogP contribution is 2.26. The van der Waals surface area contributed by atoms with Crippen molar-refractivity contribution >= 4 is 27.3 Å². The molecular weight excluding hydrogens is 286 g/mol. The predicted octanol–water partition coefficient (Wildman–Crippen LogP) is 2.11. The molecule has 0 saturated heterocycles. The van der Waals surface area contributed by atoms with Crippen LogP contribution < -0.4 is 0 Å². The largest absolute Gasteiger partial charge is 0.339 e. The third-order valence-corrected chi connectivity index (χ3v) is 4.47. The van der Waals surface area contributed by atoms with E-state index in [0.29, 0.717) is 6.54 Å². The van der Waals surface area contributed by atoms with E-state index < -0.39 is 6.04 Å². The van der Waals surface area contributed by atoms with E-state index in [1.165, 1.54) is 21.1 Å². The normalized spacial score (nSPS) is 12.5. The molecule has 0 N–H and O–H groups in total. The predicted molar refractivity (Wildman–Crippen MR) is 80.8 cm³/mol. The van der Waals surface area contributed by atoms with Crippen LogP contribution in [0.25, 0.3) is 10.1 Å². The summed E-state index contributed by atoms with van der Waals surface area (Å²) >= 11 is 1.71. The average molecular weight is 301 g/mol. The Kier molecular flexibility index (Phi) is 3.66. The van der Waals surface area contributed by atoms with E-state index in [9.17, 15) is 4.79 Å². The molecule has 0 saturated carbocycles. The summed E-state index contributed by atoms with van der Waals surface area (Å²) in [5.41, 5.74) is 0. The van der Waals surface area contributed by atoms with Crippen LogP contribution >= 0.6 is 11.3 Å². The summed E-state index contributed by atoms with van der Waals surface area (Å²) in [6.45, 7) is 2.38. The van der Waals surface area contributed by atoms with Gasteiger partial charge < -0.3 is 4.90 Å². The van der Waals surface area contributed by atoms with Crippen LogP contribution in [-0.4, -0.2) is 38.1 Å². The van der Waals surface area contributed by atoms with Crippen LogP contribution in [0.4, 0.5) is 0 Å². The van der Waals surface area contributed by atoms with Crippen LogP contribution in [0, 0.1) is 0 Å². The summed E-state index contributed by atoms with van der Waals surface area (Å²) in [5, 5.41) is 12.1. The number of aromatic nitrogens is 4. The first-order chi connectivity index (χ1) is 10.1. The number of rotatable bonds is 4. The van der Waals surface area contributed by atoms with Crippen LogP contribution in [0.1, 0.15) is 17.8 Å². The number of carbonyl (C=O) groups excluding carboxylic acids is 1. The third-order valence-electron chi connectivity index (χ3n) is 3.36. The molecule has 7 heteroatoms. The Labute approximate surface area is 126 Å². The molecule has 0 aliphatic carbocycles. The quantitative estimate of drug-likeness (QED) is 0.740. The van der Waals surface area contributed by atoms with Crippen molar-refractivity contribution in [3.8, 4) is 0 Å². The first kappa shape index (κ1) is 13.7. The van der Waals surface area contributed by atoms with Crippen LogP contribution in [0.15, 0.2) is 36.7 Å². The highest BCUT2D eigenvalue weighted by molar-refractivity contribution is 7.19. The molecule has 0 fully saturated rings. The van der Waals surface area contributed by atoms with E-state index in [0.717, 1.165) is 4.88 Å². The van der Waals surface area contributed by atoms with E-state index in [1.54, 1.807) is 30.2 Å². The lowest BCUT2D eigenvalue weighted by Crippen LogP contribution is -2.32. The van der Waals surface area contributed by atoms with Crippen LogP contribution in [0.5, 0.6) is 0 Å². The number of hydrogen-bond acceptors (Lipinski definition) is 5. The fourth-order valence-corrected chi connectivity index (χ4v) is 3.32. The van der Waals surface area contributed by atoms with E-state index >= 15 is 0 Å². The fourth-order valence-electron chi connectivity index (χ4n) is 2.20. The molecule has 1 aromatic carbocycles. The molecule has 1 unspecified atom stereocenters. The van der Waals surface area contributed by atoms with Crippen molar-refractivity contribution in [1.29, 1.82) is 0 Å². The van der Waals surface area contributed by atoms with Gasteiger partial charge in [-0.1, -0.05) is 18.2 Å². The number of amides is 1. The summed E-state index contributed by atoms with van der Waals surface area (Å²) in [7, 11) is 1.80. The molecule has 2 aromatic heterocycles. The van der Waals surface area contributed by atoms with E-state index in [4.69, 9.17) is 0 Å². The Morgan fingerprint density at radius 2 is 2.24 bits per heavy atom. The molecule has 3 aromatic rings. The zero-order valence-electron chi connectivity index (χ0n) is 11.8. The summed E-state index contributed by atoms with van der Waals surface area (Å²) < 4.78 is 2.70. The van der Waals surface area contributed by atoms with Gasteiger partial charge in [0, 0.05) is 16.6 Å². The minimum atomic E-state index is -0.403. The van der Waals surface area contributed by atoms with Gasteiger partial charge in [0.25, 0.3) is 0 Å². The van der Waals surface area contributed by atoms with E-state index in [2.05, 4.69) is 33.7 Å². The molecule has 0 bridgehead atoms. The van der Waals surface area contributed by atoms with E-state index in [-0.39, 0.29) is 5.91 Å². The lowest BCUT2D eigenvalue weighted by molar-refractivity contribution is -0.133. The Morgan fingerprint density at radius 1 is 1.43 bits per heavy atom. The van der Waals surface area contributed by atoms with Crippen molar-refractivity contribution in [2.24, 2.45) is 0 Å². The molecule has 21 heavy (non-hydrogen) atoms. The maximum Gasteiger partial charge on any atom is 0.247 e. The van der Waals surface area contributed by atoms with Crippen molar-refractivity contribution in [2.75, 3.05) is 7.05 Å². The second-order valence-electron chi connectivity index (χ2n) is 4.91. The molecule has 0 aliphatic heterocycles. The number of benzene rings is 1. The molecule has 6 nitrogen and oxygen atoms in total. The maximum atomic E-state index is 12.4. The van der Waals surface area contributed by atoms with Crippen LogP contribution in [0.3, 0.4) is 0 Å². The third kappa shape index (κ3) is 2.78. The SMILES string of the molecule is CC(C(=O)N(C)Cc1cc2ccccc2s1)n1cnnn1. The monoisotopic (exact) mass is 301 g/mol. The van der Waals surface area contributed by atoms with Crippen molar-refractivity contribution < 1.29 is 4.79 Å². The van der Waals surface area contributed by atoms with Crippen molar-refractivity contribution in [3.63, 3.8) is 0 Å². The highest BCUT2D eigenvalue weighted by Gasteiger charge is 2.20. The second-order valence-corrected chi connectivity index (χ2v) is 6.08. The topological polar surface area (TPSA) is 63.9 Å². The first-order valence-electron chi connectivity index (χ1n) is 6.60. The average Bonchev–Trinajstić information content (AvgIpc) is 3.14. The van der Waals surface area contributed by atoms with Gasteiger partial charge in [-0.05, 0) is 34.9 Å². The minimum absolute atomic E-state index is 0.0141. The molecule has 2 heterocycles. The molecular formula is C14H15N5OS. The van der Waals surface area contributed by atoms with Gasteiger partial charge in [-0.25, -0.2) is 4.68 Å². The Bertz CT molecular complexity index is 719. The molecule has 3 rings (SSSR count). The molecule has 1 amide bonds. The molecule has 0 radical (unpaired) electrons. The number of likely N-dealkylation sites (N-methyl/N-ethyl adjacent to an activating group) is 1. The zero-order valence-corrected chi connectivity index (χ0v) is 12.6. The number of fused-ring (bicyclic) bond motifs is 1. The standard InChI is InChI=1S/C14H15N5OS/c1-10(19-9-15-16-17-19)14(20)18(2)8-12-7-11-5-3-4-6-13(11)21-12/h3-7,9-10H,8H2,1-2H3. The van der Waals surface area contributed by atoms with Gasteiger partial charge in [-0.3, -0.25) is 4.79 Å². The number of tetrazole rings is 1. The lowest BCUT2D eigenvalue weighted by atomic mass is 10.2. The van der Waals surface area contributed by atoms with Gasteiger partial charge >= 0.3 is 0 Å². The minimum Gasteiger partial charge on any atom is -0.339 e. The smallest absolute Gasteiger partial charge is 0.247 e. The van der Waals surface area contributed by atoms with E-state index in [1.807, 2.05) is 12.1 Å². The number of hydrogen-bond donors (Lipinski definition) is 0. The van der Waals surface area contributed by atoms with Crippen LogP contribution in [-0.2, 0) is 11.3 Å². The summed E-state index contributed by atoms with van der Waals surface area (Å²) in [6, 6.07) is 9.95. The fraction of sp³-hybridized carbons (Fsp3) is 0.286. The maximum absolute atomic E-state index is 12.4. The summed E-state index contributed by atoms with van der Waals surface area (Å²) in [5.74, 6) is -0.0141. The summed E-state index contributed by atoms with van der Waals surface area (Å²) in [4.78, 5) is 15.2. The molecule has 0 aliphatic rings. The van der Waals surface area contributed by atoms with Gasteiger partial charge in [0.05, 0.1) is 6.54 Å². The Morgan fingerprint density at radius 3 is 2.95 bits per heavy atom. The molecule has 0 spiro atoms. The van der Waals surface area contributed by atoms with Crippen LogP contribution in [0.2, 0.25) is 0 Å². The van der Waals surface area contributed by atoms with Gasteiger partial charge in [-0.15, -0.1) is 16.4 Å². The van der Waals surface area contributed by atoms with Crippen molar-refractivity contribution in [2.45, 2.75) is 19.5 Å². The molecule has 108 valence electrons. The van der Waals surface area contributed by atoms with Crippen molar-refractivity contribution in [1.82, 2.24) is 25.1 Å². The number of carbonyl (C=O) groups is 1.